The summed E-state index contributed by atoms with van der Waals surface area (Å²) in [6, 6.07) is 3.23. The number of hydrogen-bond acceptors (Lipinski definition) is 2. The van der Waals surface area contributed by atoms with E-state index in [1.54, 1.807) is 12.1 Å². The minimum Gasteiger partial charge on any atom is -0.488 e. The molecule has 2 nitrogen and oxygen atoms in total. The molecule has 0 fully saturated rings. The highest BCUT2D eigenvalue weighted by molar-refractivity contribution is 9.10. The van der Waals surface area contributed by atoms with Gasteiger partial charge in [-0.3, -0.25) is 0 Å². The van der Waals surface area contributed by atoms with Gasteiger partial charge in [-0.25, -0.2) is 4.39 Å². The van der Waals surface area contributed by atoms with Crippen LogP contribution in [0.3, 0.4) is 0 Å². The molecule has 0 amide bonds. The lowest BCUT2D eigenvalue weighted by Crippen LogP contribution is -2.10. The fourth-order valence-corrected chi connectivity index (χ4v) is 1.56. The minimum atomic E-state index is -0.361. The Hall–Kier alpha value is -0.610. The molecule has 1 aromatic carbocycles. The number of hydrogen-bond donors (Lipinski definition) is 1. The SMILES string of the molecule is NC1COc2c1ccc(Br)c2F. The molecule has 2 rings (SSSR count). The van der Waals surface area contributed by atoms with Crippen molar-refractivity contribution in [1.29, 1.82) is 0 Å². The molecule has 4 heteroatoms. The first kappa shape index (κ1) is 8.01. The highest BCUT2D eigenvalue weighted by Gasteiger charge is 2.24. The molecule has 1 aromatic rings. The highest BCUT2D eigenvalue weighted by Crippen LogP contribution is 2.36. The lowest BCUT2D eigenvalue weighted by Gasteiger charge is -2.02. The van der Waals surface area contributed by atoms with E-state index in [4.69, 9.17) is 10.5 Å². The normalized spacial score (nSPS) is 20.4. The third-order valence-corrected chi connectivity index (χ3v) is 2.50. The van der Waals surface area contributed by atoms with Crippen molar-refractivity contribution in [2.45, 2.75) is 6.04 Å². The summed E-state index contributed by atoms with van der Waals surface area (Å²) in [4.78, 5) is 0. The standard InChI is InChI=1S/C8H7BrFNO/c9-5-2-1-4-6(11)3-12-8(4)7(5)10/h1-2,6H,3,11H2. The molecule has 0 aliphatic carbocycles. The van der Waals surface area contributed by atoms with E-state index < -0.39 is 0 Å². The fraction of sp³-hybridized carbons (Fsp3) is 0.250. The van der Waals surface area contributed by atoms with Crippen LogP contribution in [0.15, 0.2) is 16.6 Å². The van der Waals surface area contributed by atoms with Crippen LogP contribution in [0.25, 0.3) is 0 Å². The molecule has 0 saturated carbocycles. The van der Waals surface area contributed by atoms with E-state index in [1.807, 2.05) is 0 Å². The van der Waals surface area contributed by atoms with Crippen molar-refractivity contribution >= 4 is 15.9 Å². The van der Waals surface area contributed by atoms with Crippen LogP contribution in [0.1, 0.15) is 11.6 Å². The summed E-state index contributed by atoms with van der Waals surface area (Å²) in [6.07, 6.45) is 0. The van der Waals surface area contributed by atoms with Gasteiger partial charge in [-0.05, 0) is 22.0 Å². The van der Waals surface area contributed by atoms with Gasteiger partial charge < -0.3 is 10.5 Å². The molecule has 12 heavy (non-hydrogen) atoms. The lowest BCUT2D eigenvalue weighted by molar-refractivity contribution is 0.319. The van der Waals surface area contributed by atoms with Crippen LogP contribution in [0.4, 0.5) is 4.39 Å². The van der Waals surface area contributed by atoms with Gasteiger partial charge in [0, 0.05) is 5.56 Å². The third-order valence-electron chi connectivity index (χ3n) is 1.89. The van der Waals surface area contributed by atoms with Crippen LogP contribution in [0, 0.1) is 5.82 Å². The number of benzene rings is 1. The molecular formula is C8H7BrFNO. The molecule has 0 bridgehead atoms. The number of nitrogens with two attached hydrogens (primary N) is 1. The summed E-state index contributed by atoms with van der Waals surface area (Å²) in [5.74, 6) is -0.0719. The maximum atomic E-state index is 13.2. The van der Waals surface area contributed by atoms with Gasteiger partial charge in [-0.15, -0.1) is 0 Å². The van der Waals surface area contributed by atoms with Crippen molar-refractivity contribution in [2.75, 3.05) is 6.61 Å². The summed E-state index contributed by atoms with van der Waals surface area (Å²) < 4.78 is 18.8. The Morgan fingerprint density at radius 3 is 3.08 bits per heavy atom. The molecule has 1 unspecified atom stereocenters. The first-order valence-electron chi connectivity index (χ1n) is 3.56. The Labute approximate surface area is 77.6 Å². The topological polar surface area (TPSA) is 35.2 Å². The Kier molecular flexibility index (Phi) is 1.81. The van der Waals surface area contributed by atoms with E-state index in [-0.39, 0.29) is 17.6 Å². The number of ether oxygens (including phenoxy) is 1. The molecule has 1 aliphatic rings. The third kappa shape index (κ3) is 1.03. The van der Waals surface area contributed by atoms with E-state index in [0.29, 0.717) is 11.1 Å². The molecule has 0 spiro atoms. The van der Waals surface area contributed by atoms with E-state index in [2.05, 4.69) is 15.9 Å². The molecule has 0 aromatic heterocycles. The second kappa shape index (κ2) is 2.71. The van der Waals surface area contributed by atoms with Gasteiger partial charge in [0.15, 0.2) is 11.6 Å². The summed E-state index contributed by atoms with van der Waals surface area (Å²) in [7, 11) is 0. The Morgan fingerprint density at radius 2 is 2.33 bits per heavy atom. The quantitative estimate of drug-likeness (QED) is 0.742. The Bertz CT molecular complexity index is 329. The molecule has 0 radical (unpaired) electrons. The summed E-state index contributed by atoms with van der Waals surface area (Å²) in [5, 5.41) is 0. The van der Waals surface area contributed by atoms with Crippen molar-refractivity contribution in [3.63, 3.8) is 0 Å². The number of halogens is 2. The van der Waals surface area contributed by atoms with E-state index in [9.17, 15) is 4.39 Å². The van der Waals surface area contributed by atoms with E-state index in [1.165, 1.54) is 0 Å². The van der Waals surface area contributed by atoms with Crippen molar-refractivity contribution in [3.8, 4) is 5.75 Å². The van der Waals surface area contributed by atoms with Gasteiger partial charge in [0.05, 0.1) is 10.5 Å². The zero-order valence-electron chi connectivity index (χ0n) is 6.18. The highest BCUT2D eigenvalue weighted by atomic mass is 79.9. The van der Waals surface area contributed by atoms with Crippen LogP contribution < -0.4 is 10.5 Å². The zero-order valence-corrected chi connectivity index (χ0v) is 7.77. The van der Waals surface area contributed by atoms with Gasteiger partial charge in [0.2, 0.25) is 0 Å². The molecule has 1 aliphatic heterocycles. The van der Waals surface area contributed by atoms with Crippen LogP contribution in [-0.4, -0.2) is 6.61 Å². The average Bonchev–Trinajstić information content (AvgIpc) is 2.41. The maximum absolute atomic E-state index is 13.2. The lowest BCUT2D eigenvalue weighted by atomic mass is 10.1. The average molecular weight is 232 g/mol. The predicted octanol–water partition coefficient (Wildman–Crippen LogP) is 1.98. The van der Waals surface area contributed by atoms with Gasteiger partial charge in [0.1, 0.15) is 6.61 Å². The smallest absolute Gasteiger partial charge is 0.179 e. The molecule has 1 atom stereocenters. The van der Waals surface area contributed by atoms with Crippen LogP contribution in [0.2, 0.25) is 0 Å². The van der Waals surface area contributed by atoms with E-state index >= 15 is 0 Å². The first-order valence-corrected chi connectivity index (χ1v) is 4.35. The zero-order chi connectivity index (χ0) is 8.72. The van der Waals surface area contributed by atoms with Crippen molar-refractivity contribution in [3.05, 3.63) is 28.0 Å². The Morgan fingerprint density at radius 1 is 1.58 bits per heavy atom. The molecule has 64 valence electrons. The monoisotopic (exact) mass is 231 g/mol. The molecule has 0 saturated heterocycles. The van der Waals surface area contributed by atoms with Gasteiger partial charge in [0.25, 0.3) is 0 Å². The summed E-state index contributed by atoms with van der Waals surface area (Å²) in [6.45, 7) is 0.364. The van der Waals surface area contributed by atoms with Gasteiger partial charge in [-0.2, -0.15) is 0 Å². The van der Waals surface area contributed by atoms with Gasteiger partial charge in [-0.1, -0.05) is 6.07 Å². The minimum absolute atomic E-state index is 0.192. The van der Waals surface area contributed by atoms with Gasteiger partial charge >= 0.3 is 0 Å². The van der Waals surface area contributed by atoms with Crippen LogP contribution in [0.5, 0.6) is 5.75 Å². The predicted molar refractivity (Wildman–Crippen MR) is 46.5 cm³/mol. The second-order valence-corrected chi connectivity index (χ2v) is 3.55. The van der Waals surface area contributed by atoms with Crippen LogP contribution >= 0.6 is 15.9 Å². The summed E-state index contributed by atoms with van der Waals surface area (Å²) in [5.41, 5.74) is 6.40. The molecule has 1 heterocycles. The van der Waals surface area contributed by atoms with Crippen molar-refractivity contribution < 1.29 is 9.13 Å². The van der Waals surface area contributed by atoms with Crippen LogP contribution in [-0.2, 0) is 0 Å². The molecular weight excluding hydrogens is 225 g/mol. The first-order chi connectivity index (χ1) is 5.70. The van der Waals surface area contributed by atoms with Crippen molar-refractivity contribution in [1.82, 2.24) is 0 Å². The Balaban J connectivity index is 2.60. The fourth-order valence-electron chi connectivity index (χ4n) is 1.25. The number of rotatable bonds is 0. The maximum Gasteiger partial charge on any atom is 0.179 e. The van der Waals surface area contributed by atoms with Crippen molar-refractivity contribution in [2.24, 2.45) is 5.73 Å². The largest absolute Gasteiger partial charge is 0.488 e. The molecule has 2 N–H and O–H groups in total. The number of fused-ring (bicyclic) bond motifs is 1. The summed E-state index contributed by atoms with van der Waals surface area (Å²) >= 11 is 3.07. The van der Waals surface area contributed by atoms with E-state index in [0.717, 1.165) is 5.56 Å². The second-order valence-electron chi connectivity index (χ2n) is 2.70.